The number of carbonyl (C=O) groups is 1. The van der Waals surface area contributed by atoms with Gasteiger partial charge >= 0.3 is 0 Å². The van der Waals surface area contributed by atoms with Crippen LogP contribution < -0.4 is 10.0 Å². The van der Waals surface area contributed by atoms with Gasteiger partial charge in [-0.2, -0.15) is 0 Å². The Bertz CT molecular complexity index is 973. The normalized spacial score (nSPS) is 15.7. The lowest BCUT2D eigenvalue weighted by Crippen LogP contribution is -2.35. The van der Waals surface area contributed by atoms with E-state index in [4.69, 9.17) is 0 Å². The van der Waals surface area contributed by atoms with Crippen LogP contribution in [-0.4, -0.2) is 45.4 Å². The largest absolute Gasteiger partial charge is 0.352 e. The first-order chi connectivity index (χ1) is 14.3. The molecule has 0 aliphatic carbocycles. The summed E-state index contributed by atoms with van der Waals surface area (Å²) in [6, 6.07) is 11.3. The number of piperidine rings is 1. The van der Waals surface area contributed by atoms with Gasteiger partial charge < -0.3 is 10.2 Å². The molecule has 1 amide bonds. The molecule has 3 rings (SSSR count). The average molecular weight is 434 g/mol. The molecule has 0 unspecified atom stereocenters. The van der Waals surface area contributed by atoms with Gasteiger partial charge in [-0.25, -0.2) is 12.8 Å². The highest BCUT2D eigenvalue weighted by Gasteiger charge is 2.18. The van der Waals surface area contributed by atoms with Crippen LogP contribution in [0.2, 0.25) is 0 Å². The highest BCUT2D eigenvalue weighted by atomic mass is 32.2. The summed E-state index contributed by atoms with van der Waals surface area (Å²) in [7, 11) is -4.01. The number of hydrogen-bond donors (Lipinski definition) is 2. The molecular formula is C22H28FN3O3S. The minimum atomic E-state index is -4.01. The Kier molecular flexibility index (Phi) is 7.44. The fraction of sp³-hybridized carbons (Fsp3) is 0.409. The Morgan fingerprint density at radius 1 is 1.13 bits per heavy atom. The molecule has 8 heteroatoms. The van der Waals surface area contributed by atoms with Crippen molar-refractivity contribution in [3.63, 3.8) is 0 Å². The monoisotopic (exact) mass is 433 g/mol. The number of hydrogen-bond acceptors (Lipinski definition) is 4. The van der Waals surface area contributed by atoms with E-state index in [0.29, 0.717) is 6.54 Å². The number of para-hydroxylation sites is 1. The van der Waals surface area contributed by atoms with E-state index in [1.807, 2.05) is 0 Å². The van der Waals surface area contributed by atoms with Crippen molar-refractivity contribution < 1.29 is 17.6 Å². The first-order valence-corrected chi connectivity index (χ1v) is 11.7. The van der Waals surface area contributed by atoms with Crippen molar-refractivity contribution in [2.75, 3.05) is 30.9 Å². The molecule has 0 spiro atoms. The van der Waals surface area contributed by atoms with Crippen molar-refractivity contribution in [3.8, 4) is 0 Å². The Morgan fingerprint density at radius 2 is 1.87 bits per heavy atom. The third-order valence-electron chi connectivity index (χ3n) is 5.34. The Balaban J connectivity index is 1.55. The molecule has 2 N–H and O–H groups in total. The van der Waals surface area contributed by atoms with E-state index < -0.39 is 15.8 Å². The summed E-state index contributed by atoms with van der Waals surface area (Å²) in [5.41, 5.74) is 0.109. The molecule has 1 saturated heterocycles. The van der Waals surface area contributed by atoms with Gasteiger partial charge in [0.1, 0.15) is 5.82 Å². The fourth-order valence-electron chi connectivity index (χ4n) is 3.44. The van der Waals surface area contributed by atoms with Crippen LogP contribution in [0.25, 0.3) is 0 Å². The zero-order valence-corrected chi connectivity index (χ0v) is 17.9. The van der Waals surface area contributed by atoms with E-state index >= 15 is 0 Å². The highest BCUT2D eigenvalue weighted by Crippen LogP contribution is 2.20. The maximum atomic E-state index is 13.8. The lowest BCUT2D eigenvalue weighted by molar-refractivity contribution is 0.0950. The van der Waals surface area contributed by atoms with Crippen molar-refractivity contribution in [3.05, 3.63) is 59.9 Å². The highest BCUT2D eigenvalue weighted by molar-refractivity contribution is 7.92. The average Bonchev–Trinajstić information content (AvgIpc) is 2.74. The van der Waals surface area contributed by atoms with Gasteiger partial charge in [-0.15, -0.1) is 0 Å². The number of amides is 1. The summed E-state index contributed by atoms with van der Waals surface area (Å²) in [5.74, 6) is -0.208. The standard InChI is InChI=1S/C22H28FN3O3S/c1-17-10-14-26(15-11-17)13-5-12-24-22(27)18-6-4-7-19(16-18)30(28,29)25-21-9-3-2-8-20(21)23/h2-4,6-9,16-17,25H,5,10-15H2,1H3,(H,24,27). The lowest BCUT2D eigenvalue weighted by atomic mass is 9.99. The van der Waals surface area contributed by atoms with E-state index in [-0.39, 0.29) is 22.1 Å². The molecule has 2 aromatic rings. The van der Waals surface area contributed by atoms with Crippen LogP contribution in [0.1, 0.15) is 36.5 Å². The Hall–Kier alpha value is -2.45. The van der Waals surface area contributed by atoms with Gasteiger partial charge in [0.25, 0.3) is 15.9 Å². The molecule has 0 atom stereocenters. The van der Waals surface area contributed by atoms with Gasteiger partial charge in [0.2, 0.25) is 0 Å². The van der Waals surface area contributed by atoms with E-state index in [1.165, 1.54) is 55.3 Å². The Labute approximate surface area is 177 Å². The molecule has 1 aliphatic rings. The minimum absolute atomic E-state index is 0.0964. The third kappa shape index (κ3) is 6.03. The molecule has 6 nitrogen and oxygen atoms in total. The molecule has 1 aliphatic heterocycles. The van der Waals surface area contributed by atoms with Crippen LogP contribution >= 0.6 is 0 Å². The number of halogens is 1. The molecule has 30 heavy (non-hydrogen) atoms. The van der Waals surface area contributed by atoms with Crippen LogP contribution in [0.3, 0.4) is 0 Å². The summed E-state index contributed by atoms with van der Waals surface area (Å²) in [6.07, 6.45) is 3.27. The van der Waals surface area contributed by atoms with Crippen LogP contribution in [0.5, 0.6) is 0 Å². The number of nitrogens with zero attached hydrogens (tertiary/aromatic N) is 1. The lowest BCUT2D eigenvalue weighted by Gasteiger charge is -2.30. The zero-order valence-electron chi connectivity index (χ0n) is 17.1. The van der Waals surface area contributed by atoms with Crippen molar-refractivity contribution in [1.29, 1.82) is 0 Å². The second-order valence-corrected chi connectivity index (χ2v) is 9.43. The molecule has 1 fully saturated rings. The molecule has 0 bridgehead atoms. The van der Waals surface area contributed by atoms with E-state index in [9.17, 15) is 17.6 Å². The first kappa shape index (κ1) is 22.2. The van der Waals surface area contributed by atoms with Crippen molar-refractivity contribution in [2.45, 2.75) is 31.1 Å². The topological polar surface area (TPSA) is 78.5 Å². The number of carbonyl (C=O) groups excluding carboxylic acids is 1. The van der Waals surface area contributed by atoms with Gasteiger partial charge in [0.05, 0.1) is 10.6 Å². The summed E-state index contributed by atoms with van der Waals surface area (Å²) in [5, 5.41) is 2.84. The SMILES string of the molecule is CC1CCN(CCCNC(=O)c2cccc(S(=O)(=O)Nc3ccccc3F)c2)CC1. The van der Waals surface area contributed by atoms with Crippen molar-refractivity contribution in [1.82, 2.24) is 10.2 Å². The van der Waals surface area contributed by atoms with Gasteiger partial charge in [-0.1, -0.05) is 25.1 Å². The maximum Gasteiger partial charge on any atom is 0.262 e. The van der Waals surface area contributed by atoms with E-state index in [1.54, 1.807) is 6.07 Å². The number of anilines is 1. The van der Waals surface area contributed by atoms with Gasteiger partial charge in [-0.3, -0.25) is 9.52 Å². The maximum absolute atomic E-state index is 13.8. The number of benzene rings is 2. The number of nitrogens with one attached hydrogen (secondary N) is 2. The van der Waals surface area contributed by atoms with E-state index in [0.717, 1.165) is 32.0 Å². The second-order valence-electron chi connectivity index (χ2n) is 7.75. The smallest absolute Gasteiger partial charge is 0.262 e. The fourth-order valence-corrected chi connectivity index (χ4v) is 4.56. The Morgan fingerprint density at radius 3 is 2.60 bits per heavy atom. The van der Waals surface area contributed by atoms with Crippen molar-refractivity contribution >= 4 is 21.6 Å². The van der Waals surface area contributed by atoms with Crippen molar-refractivity contribution in [2.24, 2.45) is 5.92 Å². The molecule has 1 heterocycles. The van der Waals surface area contributed by atoms with Gasteiger partial charge in [0, 0.05) is 12.1 Å². The summed E-state index contributed by atoms with van der Waals surface area (Å²) < 4.78 is 41.1. The van der Waals surface area contributed by atoms with Gasteiger partial charge in [0.15, 0.2) is 0 Å². The van der Waals surface area contributed by atoms with Crippen LogP contribution in [-0.2, 0) is 10.0 Å². The molecular weight excluding hydrogens is 405 g/mol. The predicted molar refractivity (Wildman–Crippen MR) is 115 cm³/mol. The molecule has 0 aromatic heterocycles. The van der Waals surface area contributed by atoms with E-state index in [2.05, 4.69) is 21.9 Å². The third-order valence-corrected chi connectivity index (χ3v) is 6.70. The first-order valence-electron chi connectivity index (χ1n) is 10.2. The predicted octanol–water partition coefficient (Wildman–Crippen LogP) is 3.48. The number of likely N-dealkylation sites (tertiary alicyclic amines) is 1. The summed E-state index contributed by atoms with van der Waals surface area (Å²) in [4.78, 5) is 14.7. The number of sulfonamides is 1. The quantitative estimate of drug-likeness (QED) is 0.625. The molecule has 0 saturated carbocycles. The van der Waals surface area contributed by atoms with Crippen LogP contribution in [0, 0.1) is 11.7 Å². The minimum Gasteiger partial charge on any atom is -0.352 e. The van der Waals surface area contributed by atoms with Crippen LogP contribution in [0.4, 0.5) is 10.1 Å². The number of rotatable bonds is 8. The second kappa shape index (κ2) is 10.0. The molecule has 0 radical (unpaired) electrons. The molecule has 162 valence electrons. The van der Waals surface area contributed by atoms with Crippen LogP contribution in [0.15, 0.2) is 53.4 Å². The summed E-state index contributed by atoms with van der Waals surface area (Å²) in [6.45, 7) is 5.94. The summed E-state index contributed by atoms with van der Waals surface area (Å²) >= 11 is 0. The molecule has 2 aromatic carbocycles. The zero-order chi connectivity index (χ0) is 21.6. The van der Waals surface area contributed by atoms with Gasteiger partial charge in [-0.05, 0) is 75.1 Å².